The molecule has 0 heterocycles. The summed E-state index contributed by atoms with van der Waals surface area (Å²) in [6.45, 7) is 8.20. The van der Waals surface area contributed by atoms with Gasteiger partial charge in [0.05, 0.1) is 6.61 Å². The van der Waals surface area contributed by atoms with Gasteiger partial charge in [0, 0.05) is 6.54 Å². The Labute approximate surface area is 158 Å². The number of hydrogen-bond acceptors (Lipinski definition) is 4. The van der Waals surface area contributed by atoms with Gasteiger partial charge in [-0.25, -0.2) is 0 Å². The van der Waals surface area contributed by atoms with Gasteiger partial charge in [-0.15, -0.1) is 0 Å². The maximum absolute atomic E-state index is 5.99. The summed E-state index contributed by atoms with van der Waals surface area (Å²) >= 11 is 0. The van der Waals surface area contributed by atoms with Gasteiger partial charge in [0.2, 0.25) is 0 Å². The van der Waals surface area contributed by atoms with Crippen molar-refractivity contribution >= 4 is 0 Å². The normalized spacial score (nSPS) is 11.0. The predicted molar refractivity (Wildman–Crippen MR) is 108 cm³/mol. The molecule has 4 heteroatoms. The zero-order valence-corrected chi connectivity index (χ0v) is 16.5. The summed E-state index contributed by atoms with van der Waals surface area (Å²) in [5, 5.41) is 3.49. The Bertz CT molecular complexity index is 654. The lowest BCUT2D eigenvalue weighted by Crippen LogP contribution is -2.21. The van der Waals surface area contributed by atoms with Gasteiger partial charge in [0.25, 0.3) is 0 Å². The lowest BCUT2D eigenvalue weighted by atomic mass is 10.1. The molecule has 0 saturated heterocycles. The Kier molecular flexibility index (Phi) is 8.45. The molecule has 142 valence electrons. The monoisotopic (exact) mass is 356 g/mol. The molecular formula is C22H32N2O2. The molecule has 0 aliphatic heterocycles. The molecule has 0 atom stereocenters. The molecule has 0 aromatic heterocycles. The van der Waals surface area contributed by atoms with E-state index in [1.54, 1.807) is 0 Å². The Hall–Kier alpha value is -2.04. The van der Waals surface area contributed by atoms with E-state index in [4.69, 9.17) is 9.47 Å². The van der Waals surface area contributed by atoms with E-state index in [1.165, 1.54) is 11.1 Å². The van der Waals surface area contributed by atoms with Crippen molar-refractivity contribution in [3.63, 3.8) is 0 Å². The lowest BCUT2D eigenvalue weighted by Gasteiger charge is -2.14. The molecule has 0 aliphatic rings. The minimum atomic E-state index is 0.544. The van der Waals surface area contributed by atoms with Gasteiger partial charge in [-0.2, -0.15) is 0 Å². The van der Waals surface area contributed by atoms with Crippen LogP contribution < -0.4 is 14.8 Å². The molecular weight excluding hydrogens is 324 g/mol. The van der Waals surface area contributed by atoms with Gasteiger partial charge >= 0.3 is 0 Å². The molecule has 0 amide bonds. The first-order valence-corrected chi connectivity index (χ1v) is 9.38. The van der Waals surface area contributed by atoms with Crippen molar-refractivity contribution in [3.05, 3.63) is 59.2 Å². The van der Waals surface area contributed by atoms with Crippen molar-refractivity contribution in [2.45, 2.75) is 33.4 Å². The summed E-state index contributed by atoms with van der Waals surface area (Å²) in [6, 6.07) is 14.6. The molecule has 0 bridgehead atoms. The Morgan fingerprint density at radius 1 is 0.923 bits per heavy atom. The van der Waals surface area contributed by atoms with Gasteiger partial charge in [0.15, 0.2) is 11.5 Å². The van der Waals surface area contributed by atoms with Gasteiger partial charge in [-0.3, -0.25) is 0 Å². The second-order valence-electron chi connectivity index (χ2n) is 6.82. The van der Waals surface area contributed by atoms with Crippen LogP contribution in [0, 0.1) is 6.92 Å². The van der Waals surface area contributed by atoms with Crippen molar-refractivity contribution < 1.29 is 9.47 Å². The average Bonchev–Trinajstić information content (AvgIpc) is 2.62. The highest BCUT2D eigenvalue weighted by molar-refractivity contribution is 5.43. The van der Waals surface area contributed by atoms with Crippen LogP contribution in [-0.2, 0) is 13.2 Å². The third-order valence-corrected chi connectivity index (χ3v) is 4.11. The maximum atomic E-state index is 5.99. The fourth-order valence-corrected chi connectivity index (χ4v) is 2.65. The highest BCUT2D eigenvalue weighted by atomic mass is 16.5. The number of nitrogens with zero attached hydrogens (tertiary/aromatic N) is 1. The summed E-state index contributed by atoms with van der Waals surface area (Å²) in [5.74, 6) is 1.61. The van der Waals surface area contributed by atoms with Crippen LogP contribution in [0.25, 0.3) is 0 Å². The lowest BCUT2D eigenvalue weighted by molar-refractivity contribution is 0.269. The maximum Gasteiger partial charge on any atom is 0.161 e. The third kappa shape index (κ3) is 7.06. The Morgan fingerprint density at radius 3 is 2.35 bits per heavy atom. The number of rotatable bonds is 11. The van der Waals surface area contributed by atoms with E-state index in [0.29, 0.717) is 13.2 Å². The molecule has 0 unspecified atom stereocenters. The predicted octanol–water partition coefficient (Wildman–Crippen LogP) is 4.01. The van der Waals surface area contributed by atoms with E-state index in [0.717, 1.165) is 43.1 Å². The highest BCUT2D eigenvalue weighted by Gasteiger charge is 2.07. The number of nitrogens with one attached hydrogen (secondary N) is 1. The second kappa shape index (κ2) is 10.8. The van der Waals surface area contributed by atoms with Crippen molar-refractivity contribution in [1.82, 2.24) is 10.2 Å². The minimum absolute atomic E-state index is 0.544. The topological polar surface area (TPSA) is 33.7 Å². The standard InChI is InChI=1S/C22H32N2O2/c1-5-25-22-15-20(16-23-13-6-14-24(3)4)11-12-21(22)26-17-19-9-7-18(2)8-10-19/h7-12,15,23H,5-6,13-14,16-17H2,1-4H3. The fraction of sp³-hybridized carbons (Fsp3) is 0.455. The van der Waals surface area contributed by atoms with Crippen LogP contribution in [0.15, 0.2) is 42.5 Å². The van der Waals surface area contributed by atoms with Gasteiger partial charge in [-0.05, 0) is 70.7 Å². The van der Waals surface area contributed by atoms with Gasteiger partial charge in [-0.1, -0.05) is 35.9 Å². The molecule has 0 fully saturated rings. The first kappa shape index (κ1) is 20.3. The molecule has 4 nitrogen and oxygen atoms in total. The summed E-state index contributed by atoms with van der Waals surface area (Å²) in [5.41, 5.74) is 3.62. The average molecular weight is 357 g/mol. The number of benzene rings is 2. The largest absolute Gasteiger partial charge is 0.490 e. The smallest absolute Gasteiger partial charge is 0.161 e. The molecule has 0 aliphatic carbocycles. The van der Waals surface area contributed by atoms with E-state index in [-0.39, 0.29) is 0 Å². The second-order valence-corrected chi connectivity index (χ2v) is 6.82. The minimum Gasteiger partial charge on any atom is -0.490 e. The van der Waals surface area contributed by atoms with Crippen molar-refractivity contribution in [2.24, 2.45) is 0 Å². The van der Waals surface area contributed by atoms with Crippen LogP contribution in [0.5, 0.6) is 11.5 Å². The summed E-state index contributed by atoms with van der Waals surface area (Å²) in [7, 11) is 4.20. The molecule has 2 aromatic carbocycles. The first-order chi connectivity index (χ1) is 12.6. The molecule has 2 aromatic rings. The summed E-state index contributed by atoms with van der Waals surface area (Å²) in [6.07, 6.45) is 1.14. The third-order valence-electron chi connectivity index (χ3n) is 4.11. The van der Waals surface area contributed by atoms with Gasteiger partial charge < -0.3 is 19.7 Å². The molecule has 0 spiro atoms. The Morgan fingerprint density at radius 2 is 1.65 bits per heavy atom. The summed E-state index contributed by atoms with van der Waals surface area (Å²) < 4.78 is 11.8. The van der Waals surface area contributed by atoms with Crippen LogP contribution in [-0.4, -0.2) is 38.7 Å². The van der Waals surface area contributed by atoms with Crippen LogP contribution in [0.2, 0.25) is 0 Å². The number of ether oxygens (including phenoxy) is 2. The van der Waals surface area contributed by atoms with Crippen LogP contribution in [0.4, 0.5) is 0 Å². The Balaban J connectivity index is 1.91. The number of hydrogen-bond donors (Lipinski definition) is 1. The van der Waals surface area contributed by atoms with Crippen molar-refractivity contribution in [2.75, 3.05) is 33.8 Å². The zero-order chi connectivity index (χ0) is 18.8. The van der Waals surface area contributed by atoms with E-state index >= 15 is 0 Å². The van der Waals surface area contributed by atoms with Crippen molar-refractivity contribution in [1.29, 1.82) is 0 Å². The van der Waals surface area contributed by atoms with Crippen LogP contribution in [0.1, 0.15) is 30.0 Å². The molecule has 1 N–H and O–H groups in total. The van der Waals surface area contributed by atoms with E-state index in [1.807, 2.05) is 13.0 Å². The quantitative estimate of drug-likeness (QED) is 0.617. The van der Waals surface area contributed by atoms with Crippen LogP contribution >= 0.6 is 0 Å². The van der Waals surface area contributed by atoms with E-state index in [9.17, 15) is 0 Å². The van der Waals surface area contributed by atoms with E-state index < -0.39 is 0 Å². The molecule has 2 rings (SSSR count). The fourth-order valence-electron chi connectivity index (χ4n) is 2.65. The first-order valence-electron chi connectivity index (χ1n) is 9.38. The highest BCUT2D eigenvalue weighted by Crippen LogP contribution is 2.29. The molecule has 26 heavy (non-hydrogen) atoms. The molecule has 0 radical (unpaired) electrons. The molecule has 0 saturated carbocycles. The van der Waals surface area contributed by atoms with E-state index in [2.05, 4.69) is 67.6 Å². The van der Waals surface area contributed by atoms with Crippen molar-refractivity contribution in [3.8, 4) is 11.5 Å². The number of aryl methyl sites for hydroxylation is 1. The zero-order valence-electron chi connectivity index (χ0n) is 16.5. The summed E-state index contributed by atoms with van der Waals surface area (Å²) in [4.78, 5) is 2.20. The SMILES string of the molecule is CCOc1cc(CNCCCN(C)C)ccc1OCc1ccc(C)cc1. The van der Waals surface area contributed by atoms with Gasteiger partial charge in [0.1, 0.15) is 6.61 Å². The van der Waals surface area contributed by atoms with Crippen LogP contribution in [0.3, 0.4) is 0 Å².